The quantitative estimate of drug-likeness (QED) is 0.777. The highest BCUT2D eigenvalue weighted by molar-refractivity contribution is 5.91. The number of aliphatic hydroxyl groups is 1. The first-order valence-electron chi connectivity index (χ1n) is 5.17. The smallest absolute Gasteiger partial charge is 0.419 e. The normalized spacial score (nSPS) is 12.0. The lowest BCUT2D eigenvalue weighted by molar-refractivity contribution is -0.131. The molecule has 6 heteroatoms. The molecule has 94 valence electrons. The lowest BCUT2D eigenvalue weighted by atomic mass is 10.1. The fourth-order valence-corrected chi connectivity index (χ4v) is 1.70. The molecule has 2 rings (SSSR count). The number of aliphatic carboxylic acids is 1. The van der Waals surface area contributed by atoms with Gasteiger partial charge in [-0.3, -0.25) is 4.57 Å². The van der Waals surface area contributed by atoms with Crippen LogP contribution < -0.4 is 5.76 Å². The Labute approximate surface area is 101 Å². The number of aliphatic hydroxyl groups excluding tert-OH is 1. The number of hydrogen-bond donors (Lipinski definition) is 2. The average Bonchev–Trinajstić information content (AvgIpc) is 2.61. The number of fused-ring (bicyclic) bond motifs is 1. The van der Waals surface area contributed by atoms with Crippen molar-refractivity contribution in [1.29, 1.82) is 0 Å². The van der Waals surface area contributed by atoms with Crippen LogP contribution in [-0.2, 0) is 11.8 Å². The predicted molar refractivity (Wildman–Crippen MR) is 64.2 cm³/mol. The zero-order valence-electron chi connectivity index (χ0n) is 9.58. The summed E-state index contributed by atoms with van der Waals surface area (Å²) in [4.78, 5) is 21.9. The van der Waals surface area contributed by atoms with Crippen molar-refractivity contribution in [3.05, 3.63) is 40.4 Å². The first-order chi connectivity index (χ1) is 8.52. The maximum atomic E-state index is 11.3. The Hall–Kier alpha value is -2.34. The van der Waals surface area contributed by atoms with Gasteiger partial charge in [0.15, 0.2) is 5.58 Å². The topological polar surface area (TPSA) is 92.7 Å². The molecule has 0 amide bonds. The zero-order valence-corrected chi connectivity index (χ0v) is 9.58. The van der Waals surface area contributed by atoms with E-state index in [2.05, 4.69) is 0 Å². The number of rotatable bonds is 3. The number of carboxylic acid groups (broad SMARTS) is 1. The standard InChI is InChI=1S/C12H11NO5/c1-13-9-3-2-7(4-10(9)18-12(13)17)8(6-14)5-11(15)16/h2-5,14H,6H2,1H3,(H,15,16)/b8-5+. The summed E-state index contributed by atoms with van der Waals surface area (Å²) < 4.78 is 6.34. The highest BCUT2D eigenvalue weighted by Gasteiger charge is 2.09. The minimum atomic E-state index is -1.14. The van der Waals surface area contributed by atoms with E-state index >= 15 is 0 Å². The molecule has 1 aromatic carbocycles. The summed E-state index contributed by atoms with van der Waals surface area (Å²) >= 11 is 0. The van der Waals surface area contributed by atoms with Crippen molar-refractivity contribution in [2.75, 3.05) is 6.61 Å². The van der Waals surface area contributed by atoms with Gasteiger partial charge in [0.05, 0.1) is 12.1 Å². The molecule has 0 spiro atoms. The molecule has 6 nitrogen and oxygen atoms in total. The van der Waals surface area contributed by atoms with Crippen LogP contribution in [0.3, 0.4) is 0 Å². The Morgan fingerprint density at radius 1 is 1.50 bits per heavy atom. The summed E-state index contributed by atoms with van der Waals surface area (Å²) in [5, 5.41) is 17.8. The first kappa shape index (κ1) is 12.1. The number of aryl methyl sites for hydroxylation is 1. The monoisotopic (exact) mass is 249 g/mol. The third-order valence-corrected chi connectivity index (χ3v) is 2.63. The fourth-order valence-electron chi connectivity index (χ4n) is 1.70. The number of carbonyl (C=O) groups is 1. The SMILES string of the molecule is Cn1c(=O)oc2cc(/C(=C/C(=O)O)CO)ccc21. The number of nitrogens with zero attached hydrogens (tertiary/aromatic N) is 1. The maximum absolute atomic E-state index is 11.3. The van der Waals surface area contributed by atoms with Gasteiger partial charge in [-0.1, -0.05) is 6.07 Å². The molecule has 0 saturated carbocycles. The van der Waals surface area contributed by atoms with E-state index in [1.54, 1.807) is 19.2 Å². The molecule has 0 saturated heterocycles. The predicted octanol–water partition coefficient (Wildman–Crippen LogP) is 0.592. The Morgan fingerprint density at radius 3 is 2.83 bits per heavy atom. The van der Waals surface area contributed by atoms with E-state index in [1.165, 1.54) is 10.6 Å². The molecule has 0 unspecified atom stereocenters. The second-order valence-electron chi connectivity index (χ2n) is 3.78. The molecule has 2 N–H and O–H groups in total. The minimum absolute atomic E-state index is 0.246. The van der Waals surface area contributed by atoms with Crippen LogP contribution in [0, 0.1) is 0 Å². The number of aromatic nitrogens is 1. The summed E-state index contributed by atoms with van der Waals surface area (Å²) in [6, 6.07) is 4.80. The number of hydrogen-bond acceptors (Lipinski definition) is 4. The highest BCUT2D eigenvalue weighted by atomic mass is 16.4. The van der Waals surface area contributed by atoms with Gasteiger partial charge in [-0.05, 0) is 23.3 Å². The van der Waals surface area contributed by atoms with Crippen LogP contribution in [0.15, 0.2) is 33.5 Å². The van der Waals surface area contributed by atoms with Gasteiger partial charge < -0.3 is 14.6 Å². The number of carboxylic acids is 1. The Bertz CT molecular complexity index is 692. The van der Waals surface area contributed by atoms with Gasteiger partial charge in [-0.2, -0.15) is 0 Å². The van der Waals surface area contributed by atoms with E-state index in [4.69, 9.17) is 14.6 Å². The van der Waals surface area contributed by atoms with Crippen LogP contribution in [0.25, 0.3) is 16.7 Å². The lowest BCUT2D eigenvalue weighted by Crippen LogP contribution is -2.08. The maximum Gasteiger partial charge on any atom is 0.419 e. The Kier molecular flexibility index (Phi) is 3.03. The second-order valence-corrected chi connectivity index (χ2v) is 3.78. The van der Waals surface area contributed by atoms with Crippen LogP contribution in [-0.4, -0.2) is 27.4 Å². The molecule has 0 fully saturated rings. The van der Waals surface area contributed by atoms with Gasteiger partial charge in [0.2, 0.25) is 0 Å². The van der Waals surface area contributed by atoms with Crippen molar-refractivity contribution in [1.82, 2.24) is 4.57 Å². The molecule has 0 atom stereocenters. The van der Waals surface area contributed by atoms with E-state index in [1.807, 2.05) is 0 Å². The van der Waals surface area contributed by atoms with E-state index < -0.39 is 18.3 Å². The van der Waals surface area contributed by atoms with E-state index in [9.17, 15) is 9.59 Å². The fraction of sp³-hybridized carbons (Fsp3) is 0.167. The third kappa shape index (κ3) is 2.05. The summed E-state index contributed by atoms with van der Waals surface area (Å²) in [5.74, 6) is -1.64. The molecule has 0 aliphatic heterocycles. The van der Waals surface area contributed by atoms with E-state index in [0.717, 1.165) is 6.08 Å². The van der Waals surface area contributed by atoms with Gasteiger partial charge >= 0.3 is 11.7 Å². The van der Waals surface area contributed by atoms with Crippen LogP contribution in [0.2, 0.25) is 0 Å². The molecule has 2 aromatic rings. The van der Waals surface area contributed by atoms with Crippen molar-refractivity contribution in [2.45, 2.75) is 0 Å². The van der Waals surface area contributed by atoms with Gasteiger partial charge in [0.1, 0.15) is 0 Å². The summed E-state index contributed by atoms with van der Waals surface area (Å²) in [6.45, 7) is -0.408. The average molecular weight is 249 g/mol. The molecule has 18 heavy (non-hydrogen) atoms. The van der Waals surface area contributed by atoms with Crippen molar-refractivity contribution in [3.8, 4) is 0 Å². The van der Waals surface area contributed by atoms with Crippen molar-refractivity contribution >= 4 is 22.6 Å². The van der Waals surface area contributed by atoms with Crippen molar-refractivity contribution in [2.24, 2.45) is 7.05 Å². The molecular formula is C12H11NO5. The van der Waals surface area contributed by atoms with Crippen LogP contribution in [0.1, 0.15) is 5.56 Å². The van der Waals surface area contributed by atoms with E-state index in [-0.39, 0.29) is 5.57 Å². The van der Waals surface area contributed by atoms with Crippen LogP contribution in [0.5, 0.6) is 0 Å². The number of benzene rings is 1. The van der Waals surface area contributed by atoms with Gasteiger partial charge in [-0.15, -0.1) is 0 Å². The number of oxazole rings is 1. The van der Waals surface area contributed by atoms with Gasteiger partial charge in [0.25, 0.3) is 0 Å². The Morgan fingerprint density at radius 2 is 2.22 bits per heavy atom. The lowest BCUT2D eigenvalue weighted by Gasteiger charge is -2.03. The van der Waals surface area contributed by atoms with Crippen LogP contribution in [0.4, 0.5) is 0 Å². The molecule has 0 aliphatic carbocycles. The zero-order chi connectivity index (χ0) is 13.3. The first-order valence-corrected chi connectivity index (χ1v) is 5.17. The molecule has 1 heterocycles. The van der Waals surface area contributed by atoms with E-state index in [0.29, 0.717) is 16.7 Å². The summed E-state index contributed by atoms with van der Waals surface area (Å²) in [7, 11) is 1.58. The van der Waals surface area contributed by atoms with Crippen LogP contribution >= 0.6 is 0 Å². The minimum Gasteiger partial charge on any atom is -0.478 e. The summed E-state index contributed by atoms with van der Waals surface area (Å²) in [5.41, 5.74) is 1.71. The van der Waals surface area contributed by atoms with Gasteiger partial charge in [0, 0.05) is 13.1 Å². The summed E-state index contributed by atoms with van der Waals surface area (Å²) in [6.07, 6.45) is 0.919. The molecule has 1 aromatic heterocycles. The Balaban J connectivity index is 2.59. The molecule has 0 aliphatic rings. The molecule has 0 radical (unpaired) electrons. The third-order valence-electron chi connectivity index (χ3n) is 2.63. The van der Waals surface area contributed by atoms with Gasteiger partial charge in [-0.25, -0.2) is 9.59 Å². The molecule has 0 bridgehead atoms. The van der Waals surface area contributed by atoms with Crippen molar-refractivity contribution < 1.29 is 19.4 Å². The highest BCUT2D eigenvalue weighted by Crippen LogP contribution is 2.20. The van der Waals surface area contributed by atoms with Crippen molar-refractivity contribution in [3.63, 3.8) is 0 Å². The molecular weight excluding hydrogens is 238 g/mol. The second kappa shape index (κ2) is 4.50. The largest absolute Gasteiger partial charge is 0.478 e.